The average molecular weight is 296 g/mol. The molecule has 0 saturated heterocycles. The zero-order valence-electron chi connectivity index (χ0n) is 12.6. The van der Waals surface area contributed by atoms with Gasteiger partial charge in [-0.15, -0.1) is 0 Å². The van der Waals surface area contributed by atoms with Crippen molar-refractivity contribution in [2.45, 2.75) is 20.3 Å². The van der Waals surface area contributed by atoms with Gasteiger partial charge in [-0.25, -0.2) is 9.07 Å². The lowest BCUT2D eigenvalue weighted by Crippen LogP contribution is -2.17. The Morgan fingerprint density at radius 2 is 1.64 bits per heavy atom. The van der Waals surface area contributed by atoms with Gasteiger partial charge in [0.1, 0.15) is 5.82 Å². The lowest BCUT2D eigenvalue weighted by molar-refractivity contribution is 0.627. The second kappa shape index (κ2) is 5.64. The monoisotopic (exact) mass is 296 g/mol. The Balaban J connectivity index is 1.98. The SMILES string of the molecule is Cc1ccc(Cc2c(C)[nH]n(-c3ccc(F)cc3)c2=O)cc1. The molecule has 0 aliphatic rings. The predicted molar refractivity (Wildman–Crippen MR) is 85.1 cm³/mol. The molecule has 0 bridgehead atoms. The quantitative estimate of drug-likeness (QED) is 0.789. The van der Waals surface area contributed by atoms with Crippen molar-refractivity contribution in [2.24, 2.45) is 0 Å². The van der Waals surface area contributed by atoms with E-state index in [0.29, 0.717) is 12.1 Å². The van der Waals surface area contributed by atoms with Crippen molar-refractivity contribution >= 4 is 0 Å². The van der Waals surface area contributed by atoms with E-state index in [1.165, 1.54) is 22.4 Å². The van der Waals surface area contributed by atoms with E-state index in [2.05, 4.69) is 5.10 Å². The van der Waals surface area contributed by atoms with E-state index < -0.39 is 0 Å². The number of nitrogens with zero attached hydrogens (tertiary/aromatic N) is 1. The van der Waals surface area contributed by atoms with Gasteiger partial charge >= 0.3 is 0 Å². The van der Waals surface area contributed by atoms with E-state index in [1.54, 1.807) is 12.1 Å². The largest absolute Gasteiger partial charge is 0.295 e. The highest BCUT2D eigenvalue weighted by atomic mass is 19.1. The summed E-state index contributed by atoms with van der Waals surface area (Å²) in [4.78, 5) is 12.6. The lowest BCUT2D eigenvalue weighted by Gasteiger charge is -2.01. The molecule has 0 saturated carbocycles. The molecule has 0 spiro atoms. The zero-order valence-corrected chi connectivity index (χ0v) is 12.6. The third-order valence-electron chi connectivity index (χ3n) is 3.78. The summed E-state index contributed by atoms with van der Waals surface area (Å²) in [7, 11) is 0. The van der Waals surface area contributed by atoms with Crippen molar-refractivity contribution in [1.29, 1.82) is 0 Å². The van der Waals surface area contributed by atoms with Crippen molar-refractivity contribution in [3.63, 3.8) is 0 Å². The molecular formula is C18H17FN2O. The van der Waals surface area contributed by atoms with Crippen LogP contribution >= 0.6 is 0 Å². The van der Waals surface area contributed by atoms with Crippen LogP contribution < -0.4 is 5.56 Å². The average Bonchev–Trinajstić information content (AvgIpc) is 2.78. The van der Waals surface area contributed by atoms with Crippen LogP contribution in [0, 0.1) is 19.7 Å². The van der Waals surface area contributed by atoms with Gasteiger partial charge < -0.3 is 0 Å². The van der Waals surface area contributed by atoms with Gasteiger partial charge in [-0.2, -0.15) is 0 Å². The van der Waals surface area contributed by atoms with Crippen LogP contribution in [0.25, 0.3) is 5.69 Å². The third-order valence-corrected chi connectivity index (χ3v) is 3.78. The van der Waals surface area contributed by atoms with Gasteiger partial charge in [0.15, 0.2) is 0 Å². The topological polar surface area (TPSA) is 37.8 Å². The molecule has 0 radical (unpaired) electrons. The first kappa shape index (κ1) is 14.3. The van der Waals surface area contributed by atoms with Crippen molar-refractivity contribution in [3.8, 4) is 5.69 Å². The first-order valence-electron chi connectivity index (χ1n) is 7.16. The van der Waals surface area contributed by atoms with Gasteiger partial charge in [0.2, 0.25) is 0 Å². The fourth-order valence-corrected chi connectivity index (χ4v) is 2.47. The van der Waals surface area contributed by atoms with Crippen LogP contribution in [0.1, 0.15) is 22.4 Å². The van der Waals surface area contributed by atoms with Crippen LogP contribution in [-0.4, -0.2) is 9.78 Å². The predicted octanol–water partition coefficient (Wildman–Crippen LogP) is 3.51. The minimum atomic E-state index is -0.319. The summed E-state index contributed by atoms with van der Waals surface area (Å²) in [5.41, 5.74) is 4.38. The van der Waals surface area contributed by atoms with E-state index >= 15 is 0 Å². The molecule has 1 heterocycles. The molecule has 0 fully saturated rings. The number of aromatic nitrogens is 2. The number of hydrogen-bond acceptors (Lipinski definition) is 1. The maximum absolute atomic E-state index is 13.0. The lowest BCUT2D eigenvalue weighted by atomic mass is 10.0. The standard InChI is InChI=1S/C18H17FN2O/c1-12-3-5-14(6-4-12)11-17-13(2)20-21(18(17)22)16-9-7-15(19)8-10-16/h3-10,20H,11H2,1-2H3. The fraction of sp³-hybridized carbons (Fsp3) is 0.167. The van der Waals surface area contributed by atoms with E-state index in [-0.39, 0.29) is 11.4 Å². The summed E-state index contributed by atoms with van der Waals surface area (Å²) < 4.78 is 14.5. The minimum absolute atomic E-state index is 0.0929. The molecule has 1 aromatic heterocycles. The molecule has 0 unspecified atom stereocenters. The summed E-state index contributed by atoms with van der Waals surface area (Å²) in [6.07, 6.45) is 0.579. The number of nitrogens with one attached hydrogen (secondary N) is 1. The molecule has 1 N–H and O–H groups in total. The van der Waals surface area contributed by atoms with Gasteiger partial charge in [0, 0.05) is 17.7 Å². The van der Waals surface area contributed by atoms with Crippen molar-refractivity contribution < 1.29 is 4.39 Å². The molecule has 4 heteroatoms. The van der Waals surface area contributed by atoms with Crippen molar-refractivity contribution in [3.05, 3.63) is 87.1 Å². The van der Waals surface area contributed by atoms with E-state index in [0.717, 1.165) is 16.8 Å². The van der Waals surface area contributed by atoms with Crippen LogP contribution in [0.15, 0.2) is 53.3 Å². The van der Waals surface area contributed by atoms with Crippen LogP contribution in [0.4, 0.5) is 4.39 Å². The second-order valence-electron chi connectivity index (χ2n) is 5.49. The summed E-state index contributed by atoms with van der Waals surface area (Å²) in [6.45, 7) is 3.91. The number of H-pyrrole nitrogens is 1. The first-order chi connectivity index (χ1) is 10.5. The highest BCUT2D eigenvalue weighted by Gasteiger charge is 2.13. The maximum atomic E-state index is 13.0. The molecule has 0 atom stereocenters. The molecule has 2 aromatic carbocycles. The van der Waals surface area contributed by atoms with E-state index in [4.69, 9.17) is 0 Å². The van der Waals surface area contributed by atoms with Gasteiger partial charge in [-0.3, -0.25) is 9.89 Å². The summed E-state index contributed by atoms with van der Waals surface area (Å²) in [5.74, 6) is -0.319. The molecule has 0 amide bonds. The van der Waals surface area contributed by atoms with Gasteiger partial charge in [0.25, 0.3) is 5.56 Å². The summed E-state index contributed by atoms with van der Waals surface area (Å²) in [5, 5.41) is 3.06. The molecule has 22 heavy (non-hydrogen) atoms. The Hall–Kier alpha value is -2.62. The Bertz CT molecular complexity index is 842. The van der Waals surface area contributed by atoms with Crippen LogP contribution in [0.2, 0.25) is 0 Å². The highest BCUT2D eigenvalue weighted by Crippen LogP contribution is 2.13. The van der Waals surface area contributed by atoms with Crippen LogP contribution in [0.3, 0.4) is 0 Å². The molecule has 0 aliphatic carbocycles. The normalized spacial score (nSPS) is 10.9. The van der Waals surface area contributed by atoms with E-state index in [9.17, 15) is 9.18 Å². The van der Waals surface area contributed by atoms with Crippen LogP contribution in [0.5, 0.6) is 0 Å². The first-order valence-corrected chi connectivity index (χ1v) is 7.16. The van der Waals surface area contributed by atoms with Gasteiger partial charge in [-0.05, 0) is 43.7 Å². The maximum Gasteiger partial charge on any atom is 0.274 e. The molecule has 0 aliphatic heterocycles. The Morgan fingerprint density at radius 1 is 1.00 bits per heavy atom. The zero-order chi connectivity index (χ0) is 15.7. The number of hydrogen-bond donors (Lipinski definition) is 1. The third kappa shape index (κ3) is 2.72. The Kier molecular flexibility index (Phi) is 3.67. The van der Waals surface area contributed by atoms with Crippen molar-refractivity contribution in [1.82, 2.24) is 9.78 Å². The number of rotatable bonds is 3. The molecule has 3 aromatic rings. The molecular weight excluding hydrogens is 279 g/mol. The number of aromatic amines is 1. The minimum Gasteiger partial charge on any atom is -0.295 e. The fourth-order valence-electron chi connectivity index (χ4n) is 2.47. The number of halogens is 1. The number of aryl methyl sites for hydroxylation is 2. The van der Waals surface area contributed by atoms with Gasteiger partial charge in [0.05, 0.1) is 5.69 Å². The number of benzene rings is 2. The Labute approximate surface area is 128 Å². The molecule has 112 valence electrons. The van der Waals surface area contributed by atoms with Crippen molar-refractivity contribution in [2.75, 3.05) is 0 Å². The second-order valence-corrected chi connectivity index (χ2v) is 5.49. The Morgan fingerprint density at radius 3 is 2.27 bits per heavy atom. The highest BCUT2D eigenvalue weighted by molar-refractivity contribution is 5.35. The van der Waals surface area contributed by atoms with Gasteiger partial charge in [-0.1, -0.05) is 29.8 Å². The van der Waals surface area contributed by atoms with E-state index in [1.807, 2.05) is 38.1 Å². The summed E-state index contributed by atoms with van der Waals surface area (Å²) >= 11 is 0. The molecule has 3 rings (SSSR count). The molecule has 3 nitrogen and oxygen atoms in total. The smallest absolute Gasteiger partial charge is 0.274 e. The van der Waals surface area contributed by atoms with Crippen LogP contribution in [-0.2, 0) is 6.42 Å². The summed E-state index contributed by atoms with van der Waals surface area (Å²) in [6, 6.07) is 14.0.